The fourth-order valence-corrected chi connectivity index (χ4v) is 3.36. The van der Waals surface area contributed by atoms with E-state index in [0.29, 0.717) is 5.92 Å². The molecule has 0 spiro atoms. The molecule has 1 unspecified atom stereocenters. The highest BCUT2D eigenvalue weighted by atomic mass is 35.5. The first-order valence-corrected chi connectivity index (χ1v) is 7.76. The van der Waals surface area contributed by atoms with E-state index in [4.69, 9.17) is 22.6 Å². The van der Waals surface area contributed by atoms with Crippen LogP contribution in [0.2, 0.25) is 5.02 Å². The Balaban J connectivity index is 0.00000200. The Bertz CT molecular complexity index is 624. The predicted octanol–water partition coefficient (Wildman–Crippen LogP) is 1.65. The number of nitrogens with two attached hydrogens (primary N) is 1. The highest BCUT2D eigenvalue weighted by Gasteiger charge is 2.33. The summed E-state index contributed by atoms with van der Waals surface area (Å²) >= 11 is 5.78. The Morgan fingerprint density at radius 3 is 2.65 bits per heavy atom. The SMILES string of the molecule is Cl.N#Cc1cc(S(=O)(=O)NC(CN)C2CC2)ccc1Cl. The van der Waals surface area contributed by atoms with Crippen molar-refractivity contribution < 1.29 is 8.42 Å². The molecule has 110 valence electrons. The van der Waals surface area contributed by atoms with Crippen LogP contribution in [-0.2, 0) is 10.0 Å². The number of nitrogens with zero attached hydrogens (tertiary/aromatic N) is 1. The number of hydrogen-bond donors (Lipinski definition) is 2. The minimum Gasteiger partial charge on any atom is -0.329 e. The average Bonchev–Trinajstić information content (AvgIpc) is 3.20. The second-order valence-electron chi connectivity index (χ2n) is 4.55. The molecule has 5 nitrogen and oxygen atoms in total. The number of sulfonamides is 1. The minimum atomic E-state index is -3.67. The Morgan fingerprint density at radius 2 is 2.15 bits per heavy atom. The van der Waals surface area contributed by atoms with Crippen molar-refractivity contribution in [2.45, 2.75) is 23.8 Å². The summed E-state index contributed by atoms with van der Waals surface area (Å²) in [5, 5.41) is 9.10. The van der Waals surface area contributed by atoms with Crippen LogP contribution < -0.4 is 10.5 Å². The second kappa shape index (κ2) is 6.74. The maximum atomic E-state index is 12.2. The summed E-state index contributed by atoms with van der Waals surface area (Å²) in [6.07, 6.45) is 1.99. The van der Waals surface area contributed by atoms with Crippen LogP contribution in [0.4, 0.5) is 0 Å². The zero-order chi connectivity index (χ0) is 14.0. The quantitative estimate of drug-likeness (QED) is 0.854. The summed E-state index contributed by atoms with van der Waals surface area (Å²) < 4.78 is 27.0. The third kappa shape index (κ3) is 3.84. The molecule has 3 N–H and O–H groups in total. The largest absolute Gasteiger partial charge is 0.329 e. The molecule has 0 heterocycles. The molecule has 0 radical (unpaired) electrons. The van der Waals surface area contributed by atoms with Gasteiger partial charge in [0.25, 0.3) is 0 Å². The molecule has 1 aliphatic rings. The molecule has 2 rings (SSSR count). The number of hydrogen-bond acceptors (Lipinski definition) is 4. The molecule has 0 amide bonds. The molecule has 0 bridgehead atoms. The zero-order valence-corrected chi connectivity index (χ0v) is 12.9. The lowest BCUT2D eigenvalue weighted by molar-refractivity contribution is 0.519. The van der Waals surface area contributed by atoms with Crippen LogP contribution in [0.1, 0.15) is 18.4 Å². The van der Waals surface area contributed by atoms with Crippen LogP contribution >= 0.6 is 24.0 Å². The number of rotatable bonds is 5. The summed E-state index contributed by atoms with van der Waals surface area (Å²) in [6, 6.07) is 5.67. The molecule has 1 aromatic carbocycles. The second-order valence-corrected chi connectivity index (χ2v) is 6.68. The van der Waals surface area contributed by atoms with Gasteiger partial charge in [-0.2, -0.15) is 5.26 Å². The van der Waals surface area contributed by atoms with Crippen molar-refractivity contribution >= 4 is 34.0 Å². The van der Waals surface area contributed by atoms with E-state index in [2.05, 4.69) is 4.72 Å². The average molecular weight is 336 g/mol. The van der Waals surface area contributed by atoms with Gasteiger partial charge in [0.1, 0.15) is 6.07 Å². The normalized spacial score (nSPS) is 16.1. The maximum Gasteiger partial charge on any atom is 0.240 e. The summed E-state index contributed by atoms with van der Waals surface area (Å²) in [5.74, 6) is 0.322. The molecule has 8 heteroatoms. The molecular weight excluding hydrogens is 321 g/mol. The predicted molar refractivity (Wildman–Crippen MR) is 79.3 cm³/mol. The van der Waals surface area contributed by atoms with Crippen molar-refractivity contribution in [3.05, 3.63) is 28.8 Å². The van der Waals surface area contributed by atoms with E-state index in [1.54, 1.807) is 0 Å². The number of halogens is 2. The highest BCUT2D eigenvalue weighted by Crippen LogP contribution is 2.33. The summed E-state index contributed by atoms with van der Waals surface area (Å²) in [5.41, 5.74) is 5.72. The lowest BCUT2D eigenvalue weighted by Crippen LogP contribution is -2.41. The fraction of sp³-hybridized carbons (Fsp3) is 0.417. The van der Waals surface area contributed by atoms with Crippen molar-refractivity contribution in [2.24, 2.45) is 11.7 Å². The van der Waals surface area contributed by atoms with Gasteiger partial charge in [-0.25, -0.2) is 13.1 Å². The van der Waals surface area contributed by atoms with Gasteiger partial charge in [0.15, 0.2) is 0 Å². The molecule has 1 saturated carbocycles. The number of nitriles is 1. The first-order chi connectivity index (χ1) is 8.97. The zero-order valence-electron chi connectivity index (χ0n) is 10.5. The Hall–Kier alpha value is -0.840. The molecule has 1 atom stereocenters. The van der Waals surface area contributed by atoms with Crippen molar-refractivity contribution in [1.82, 2.24) is 4.72 Å². The first kappa shape index (κ1) is 17.2. The smallest absolute Gasteiger partial charge is 0.240 e. The molecule has 0 aliphatic heterocycles. The van der Waals surface area contributed by atoms with Crippen molar-refractivity contribution in [1.29, 1.82) is 5.26 Å². The van der Waals surface area contributed by atoms with E-state index in [9.17, 15) is 8.42 Å². The van der Waals surface area contributed by atoms with Gasteiger partial charge < -0.3 is 5.73 Å². The highest BCUT2D eigenvalue weighted by molar-refractivity contribution is 7.89. The fourth-order valence-electron chi connectivity index (χ4n) is 1.86. The van der Waals surface area contributed by atoms with Crippen LogP contribution in [0.15, 0.2) is 23.1 Å². The molecule has 1 aliphatic carbocycles. The van der Waals surface area contributed by atoms with E-state index in [0.717, 1.165) is 12.8 Å². The first-order valence-electron chi connectivity index (χ1n) is 5.90. The van der Waals surface area contributed by atoms with Gasteiger partial charge in [-0.3, -0.25) is 0 Å². The van der Waals surface area contributed by atoms with E-state index < -0.39 is 10.0 Å². The number of benzene rings is 1. The molecule has 1 aromatic rings. The van der Waals surface area contributed by atoms with Crippen LogP contribution in [0.5, 0.6) is 0 Å². The van der Waals surface area contributed by atoms with E-state index in [-0.39, 0.29) is 40.5 Å². The van der Waals surface area contributed by atoms with Gasteiger partial charge in [-0.05, 0) is 37.0 Å². The molecule has 0 aromatic heterocycles. The molecule has 1 fully saturated rings. The topological polar surface area (TPSA) is 96.0 Å². The Morgan fingerprint density at radius 1 is 1.50 bits per heavy atom. The summed E-state index contributed by atoms with van der Waals surface area (Å²) in [7, 11) is -3.67. The standard InChI is InChI=1S/C12H14ClN3O2S.ClH/c13-11-4-3-10(5-9(11)6-14)19(17,18)16-12(7-15)8-1-2-8;/h3-5,8,12,16H,1-2,7,15H2;1H. The van der Waals surface area contributed by atoms with Gasteiger partial charge in [0.05, 0.1) is 15.5 Å². The molecule has 20 heavy (non-hydrogen) atoms. The van der Waals surface area contributed by atoms with Crippen LogP contribution in [0.25, 0.3) is 0 Å². The van der Waals surface area contributed by atoms with E-state index >= 15 is 0 Å². The van der Waals surface area contributed by atoms with Gasteiger partial charge in [0.2, 0.25) is 10.0 Å². The van der Waals surface area contributed by atoms with E-state index in [1.807, 2.05) is 6.07 Å². The van der Waals surface area contributed by atoms with E-state index in [1.165, 1.54) is 18.2 Å². The van der Waals surface area contributed by atoms with Crippen LogP contribution in [0, 0.1) is 17.2 Å². The van der Waals surface area contributed by atoms with Crippen molar-refractivity contribution in [2.75, 3.05) is 6.54 Å². The molecular formula is C12H15Cl2N3O2S. The lowest BCUT2D eigenvalue weighted by atomic mass is 10.2. The van der Waals surface area contributed by atoms with Crippen LogP contribution in [0.3, 0.4) is 0 Å². The number of nitrogens with one attached hydrogen (secondary N) is 1. The summed E-state index contributed by atoms with van der Waals surface area (Å²) in [4.78, 5) is 0.0348. The van der Waals surface area contributed by atoms with Crippen molar-refractivity contribution in [3.63, 3.8) is 0 Å². The summed E-state index contributed by atoms with van der Waals surface area (Å²) in [6.45, 7) is 0.266. The third-order valence-electron chi connectivity index (χ3n) is 3.12. The monoisotopic (exact) mass is 335 g/mol. The van der Waals surface area contributed by atoms with Gasteiger partial charge in [-0.15, -0.1) is 12.4 Å². The lowest BCUT2D eigenvalue weighted by Gasteiger charge is -2.16. The maximum absolute atomic E-state index is 12.2. The Kier molecular flexibility index (Phi) is 5.80. The minimum absolute atomic E-state index is 0. The van der Waals surface area contributed by atoms with Gasteiger partial charge in [-0.1, -0.05) is 11.6 Å². The third-order valence-corrected chi connectivity index (χ3v) is 4.94. The van der Waals surface area contributed by atoms with Gasteiger partial charge >= 0.3 is 0 Å². The Labute approximate surface area is 129 Å². The van der Waals surface area contributed by atoms with Gasteiger partial charge in [0, 0.05) is 12.6 Å². The molecule has 0 saturated heterocycles. The van der Waals surface area contributed by atoms with Crippen molar-refractivity contribution in [3.8, 4) is 6.07 Å². The van der Waals surface area contributed by atoms with Crippen LogP contribution in [-0.4, -0.2) is 21.0 Å².